The molecule has 0 saturated heterocycles. The Kier molecular flexibility index (Phi) is 14.7. The highest BCUT2D eigenvalue weighted by molar-refractivity contribution is 7.08. The second kappa shape index (κ2) is 16.6. The predicted octanol–water partition coefficient (Wildman–Crippen LogP) is 3.40. The zero-order valence-corrected chi connectivity index (χ0v) is 25.5. The first-order chi connectivity index (χ1) is 19.1. The average Bonchev–Trinajstić information content (AvgIpc) is 3.59. The molecule has 4 rings (SSSR count). The Labute approximate surface area is 261 Å². The van der Waals surface area contributed by atoms with E-state index in [1.165, 1.54) is 18.3 Å². The summed E-state index contributed by atoms with van der Waals surface area (Å²) in [5.41, 5.74) is 7.16. The first-order valence-electron chi connectivity index (χ1n) is 11.2. The molecule has 0 unspecified atom stereocenters. The zero-order chi connectivity index (χ0) is 30.8. The molecule has 18 heteroatoms. The van der Waals surface area contributed by atoms with E-state index in [9.17, 15) is 27.2 Å². The van der Waals surface area contributed by atoms with Gasteiger partial charge in [0, 0.05) is 37.4 Å². The summed E-state index contributed by atoms with van der Waals surface area (Å²) in [7, 11) is 0. The molecular weight excluding hydrogens is 667 g/mol. The Bertz CT molecular complexity index is 1430. The van der Waals surface area contributed by atoms with E-state index in [-0.39, 0.29) is 22.2 Å². The van der Waals surface area contributed by atoms with E-state index >= 15 is 0 Å². The summed E-state index contributed by atoms with van der Waals surface area (Å²) in [6, 6.07) is 9.74. The van der Waals surface area contributed by atoms with E-state index in [1.54, 1.807) is 30.5 Å². The lowest BCUT2D eigenvalue weighted by Crippen LogP contribution is -3.00. The van der Waals surface area contributed by atoms with Crippen molar-refractivity contribution < 1.29 is 44.7 Å². The fourth-order valence-electron chi connectivity index (χ4n) is 2.41. The highest BCUT2D eigenvalue weighted by Gasteiger charge is 2.23. The fourth-order valence-corrected chi connectivity index (χ4v) is 3.90. The highest BCUT2D eigenvalue weighted by Crippen LogP contribution is 2.23. The lowest BCUT2D eigenvalue weighted by molar-refractivity contribution is -0.0000702. The lowest BCUT2D eigenvalue weighted by Gasteiger charge is -2.09. The van der Waals surface area contributed by atoms with E-state index in [0.29, 0.717) is 27.3 Å². The molecular formula is C24H22Cl3F4N6O3S2-. The van der Waals surface area contributed by atoms with Crippen LogP contribution in [-0.2, 0) is 0 Å². The largest absolute Gasteiger partial charge is 1.00 e. The molecule has 4 aromatic rings. The number of nitrogens with two attached hydrogens (primary N) is 1. The van der Waals surface area contributed by atoms with Crippen LogP contribution in [0.2, 0.25) is 10.3 Å². The summed E-state index contributed by atoms with van der Waals surface area (Å²) in [4.78, 5) is 30.6. The van der Waals surface area contributed by atoms with Crippen LogP contribution in [0.5, 0.6) is 0 Å². The lowest BCUT2D eigenvalue weighted by atomic mass is 10.2. The van der Waals surface area contributed by atoms with Gasteiger partial charge in [-0.3, -0.25) is 4.79 Å². The third kappa shape index (κ3) is 13.4. The number of carbonyl (C=O) groups excluding carboxylic acids is 1. The van der Waals surface area contributed by atoms with Crippen molar-refractivity contribution in [2.24, 2.45) is 5.73 Å². The number of pyridine rings is 2. The van der Waals surface area contributed by atoms with E-state index < -0.39 is 36.8 Å². The van der Waals surface area contributed by atoms with Crippen molar-refractivity contribution in [2.75, 3.05) is 13.1 Å². The Hall–Kier alpha value is -2.95. The number of aromatic nitrogens is 4. The summed E-state index contributed by atoms with van der Waals surface area (Å²) in [5.74, 6) is -7.17. The van der Waals surface area contributed by atoms with Crippen LogP contribution in [0, 0.1) is 0 Å². The van der Waals surface area contributed by atoms with Gasteiger partial charge in [-0.25, -0.2) is 32.3 Å². The van der Waals surface area contributed by atoms with Gasteiger partial charge in [0.2, 0.25) is 0 Å². The smallest absolute Gasteiger partial charge is 0.347 e. The zero-order valence-electron chi connectivity index (χ0n) is 21.6. The van der Waals surface area contributed by atoms with Gasteiger partial charge in [-0.15, -0.1) is 0 Å². The number of amides is 1. The third-order valence-corrected chi connectivity index (χ3v) is 6.43. The number of halogens is 7. The number of hydrogen-bond donors (Lipinski definition) is 3. The maximum Gasteiger partial charge on any atom is 0.347 e. The molecule has 0 saturated carbocycles. The molecule has 1 amide bonds. The van der Waals surface area contributed by atoms with Crippen molar-refractivity contribution in [3.8, 4) is 22.5 Å². The van der Waals surface area contributed by atoms with Gasteiger partial charge >= 0.3 is 5.97 Å². The molecule has 0 spiro atoms. The summed E-state index contributed by atoms with van der Waals surface area (Å²) < 4.78 is 56.1. The van der Waals surface area contributed by atoms with E-state index in [2.05, 4.69) is 29.8 Å². The van der Waals surface area contributed by atoms with Gasteiger partial charge < -0.3 is 28.6 Å². The number of alkyl halides is 4. The minimum absolute atomic E-state index is 0. The molecule has 228 valence electrons. The van der Waals surface area contributed by atoms with Crippen LogP contribution in [0.25, 0.3) is 22.5 Å². The first-order valence-corrected chi connectivity index (χ1v) is 13.5. The van der Waals surface area contributed by atoms with Crippen LogP contribution in [0.3, 0.4) is 0 Å². The Morgan fingerprint density at radius 2 is 1.31 bits per heavy atom. The van der Waals surface area contributed by atoms with Gasteiger partial charge in [-0.2, -0.15) is 8.75 Å². The molecule has 4 aromatic heterocycles. The number of hydrogen-bond acceptors (Lipinski definition) is 9. The van der Waals surface area contributed by atoms with Crippen molar-refractivity contribution in [1.29, 1.82) is 0 Å². The van der Waals surface area contributed by atoms with E-state index in [0.717, 1.165) is 42.5 Å². The topological polar surface area (TPSA) is 144 Å². The van der Waals surface area contributed by atoms with Crippen LogP contribution >= 0.6 is 46.3 Å². The van der Waals surface area contributed by atoms with Gasteiger partial charge in [0.1, 0.15) is 20.1 Å². The van der Waals surface area contributed by atoms with Crippen LogP contribution in [0.4, 0.5) is 17.6 Å². The van der Waals surface area contributed by atoms with Crippen molar-refractivity contribution in [3.63, 3.8) is 0 Å². The van der Waals surface area contributed by atoms with E-state index in [1.807, 2.05) is 0 Å². The number of rotatable bonds is 7. The van der Waals surface area contributed by atoms with Crippen LogP contribution in [0.15, 0.2) is 48.8 Å². The molecule has 9 nitrogen and oxygen atoms in total. The quantitative estimate of drug-likeness (QED) is 0.198. The number of carbonyl (C=O) groups is 2. The fraction of sp³-hybridized carbons (Fsp3) is 0.250. The molecule has 0 bridgehead atoms. The van der Waals surface area contributed by atoms with Gasteiger partial charge in [0.15, 0.2) is 0 Å². The molecule has 42 heavy (non-hydrogen) atoms. The molecule has 0 fully saturated rings. The predicted molar refractivity (Wildman–Crippen MR) is 150 cm³/mol. The molecule has 0 aliphatic heterocycles. The summed E-state index contributed by atoms with van der Waals surface area (Å²) in [6.45, 7) is 0.256. The second-order valence-electron chi connectivity index (χ2n) is 8.22. The molecule has 0 aromatic carbocycles. The Morgan fingerprint density at radius 3 is 1.64 bits per heavy atom. The van der Waals surface area contributed by atoms with Crippen LogP contribution < -0.4 is 23.5 Å². The summed E-state index contributed by atoms with van der Waals surface area (Å²) >= 11 is 13.2. The Morgan fingerprint density at radius 1 is 0.881 bits per heavy atom. The van der Waals surface area contributed by atoms with Gasteiger partial charge in [0.05, 0.1) is 24.5 Å². The maximum absolute atomic E-state index is 12.7. The number of nitrogens with zero attached hydrogens (tertiary/aromatic N) is 4. The van der Waals surface area contributed by atoms with Crippen molar-refractivity contribution >= 4 is 58.1 Å². The number of carboxylic acid groups (broad SMARTS) is 1. The minimum atomic E-state index is -2.94. The summed E-state index contributed by atoms with van der Waals surface area (Å²) in [6.07, 6.45) is 3.09. The highest BCUT2D eigenvalue weighted by atomic mass is 35.5. The van der Waals surface area contributed by atoms with Crippen LogP contribution in [-0.4, -0.2) is 60.6 Å². The maximum atomic E-state index is 12.7. The molecule has 4 heterocycles. The molecule has 4 N–H and O–H groups in total. The monoisotopic (exact) mass is 687 g/mol. The normalized spacial score (nSPS) is 10.8. The number of aromatic carboxylic acids is 1. The van der Waals surface area contributed by atoms with Crippen molar-refractivity contribution in [1.82, 2.24) is 24.0 Å². The van der Waals surface area contributed by atoms with Gasteiger partial charge in [-0.1, -0.05) is 23.2 Å². The van der Waals surface area contributed by atoms with Gasteiger partial charge in [0.25, 0.3) is 17.8 Å². The van der Waals surface area contributed by atoms with E-state index in [4.69, 9.17) is 28.3 Å². The first kappa shape index (κ1) is 37.1. The molecule has 0 aliphatic carbocycles. The van der Waals surface area contributed by atoms with Crippen molar-refractivity contribution in [3.05, 3.63) is 68.9 Å². The second-order valence-corrected chi connectivity index (χ2v) is 10.6. The number of nitrogens with one attached hydrogen (secondary N) is 1. The standard InChI is InChI=1S/C12H10ClF2N3OS.C9H5ClN2O2S.C3H7F2N.ClH/c1-12(14,15)6-17-11(19)9-4-8(18-20-9)7-2-3-10(13)16-5-7;10-8-2-1-5(4-11-8)6-3-7(9(13)14)15-12-6;1-3(4,5)2-6;/h2-5H,6H2,1H3,(H,17,19);1-4H,(H,13,14);2,6H2,1H3;1H/p-1. The van der Waals surface area contributed by atoms with Crippen LogP contribution in [0.1, 0.15) is 33.2 Å². The number of carboxylic acids is 1. The molecule has 0 radical (unpaired) electrons. The van der Waals surface area contributed by atoms with Gasteiger partial charge in [-0.05, 0) is 59.5 Å². The Balaban J connectivity index is 0.000000354. The average molecular weight is 689 g/mol. The summed E-state index contributed by atoms with van der Waals surface area (Å²) in [5, 5.41) is 11.6. The molecule has 0 aliphatic rings. The SMILES string of the molecule is CC(F)(F)CN.CC(F)(F)CNC(=O)c1cc(-c2ccc(Cl)nc2)ns1.O=C(O)c1cc(-c2ccc(Cl)nc2)ns1.[Cl-]. The molecule has 0 atom stereocenters. The minimum Gasteiger partial charge on any atom is -1.00 e. The van der Waals surface area contributed by atoms with Crippen molar-refractivity contribution in [2.45, 2.75) is 25.7 Å². The third-order valence-electron chi connectivity index (χ3n) is 4.42.